The number of furan rings is 1. The minimum Gasteiger partial charge on any atom is -0.455 e. The number of oxazole rings is 1. The predicted molar refractivity (Wildman–Crippen MR) is 247 cm³/mol. The molecule has 9 aromatic carbocycles. The van der Waals surface area contributed by atoms with Crippen molar-refractivity contribution in [2.45, 2.75) is 0 Å². The molecule has 60 heavy (non-hydrogen) atoms. The second-order valence-electron chi connectivity index (χ2n) is 15.1. The van der Waals surface area contributed by atoms with E-state index in [1.54, 1.807) is 0 Å². The van der Waals surface area contributed by atoms with Crippen molar-refractivity contribution in [3.63, 3.8) is 0 Å². The van der Waals surface area contributed by atoms with Crippen LogP contribution in [0.4, 0.5) is 17.1 Å². The number of rotatable bonds is 7. The van der Waals surface area contributed by atoms with Crippen molar-refractivity contribution in [3.8, 4) is 39.4 Å². The molecule has 5 heteroatoms. The van der Waals surface area contributed by atoms with Crippen molar-refractivity contribution in [1.82, 2.24) is 9.55 Å². The lowest BCUT2D eigenvalue weighted by Crippen LogP contribution is -2.11. The SMILES string of the molecule is c1ccc(-c2cccc(N(c3ccc(-c4c5oc(-c6ccccc6)nc5cc5c4oc4ccccc45)cc3)c3cccc4c5ccccc5n(-c5ccccc5)c34)c2)cc1. The number of fused-ring (bicyclic) bond motifs is 7. The summed E-state index contributed by atoms with van der Waals surface area (Å²) in [5.41, 5.74) is 14.7. The lowest BCUT2D eigenvalue weighted by atomic mass is 10.00. The molecule has 0 radical (unpaired) electrons. The molecule has 0 fully saturated rings. The van der Waals surface area contributed by atoms with Gasteiger partial charge < -0.3 is 18.3 Å². The van der Waals surface area contributed by atoms with Gasteiger partial charge in [0.15, 0.2) is 5.58 Å². The molecule has 0 bridgehead atoms. The van der Waals surface area contributed by atoms with Gasteiger partial charge in [0, 0.05) is 44.2 Å². The van der Waals surface area contributed by atoms with E-state index in [4.69, 9.17) is 13.8 Å². The molecule has 0 aliphatic heterocycles. The fourth-order valence-corrected chi connectivity index (χ4v) is 8.90. The van der Waals surface area contributed by atoms with Crippen LogP contribution in [0, 0.1) is 0 Å². The summed E-state index contributed by atoms with van der Waals surface area (Å²) in [5.74, 6) is 0.576. The van der Waals surface area contributed by atoms with Crippen molar-refractivity contribution in [3.05, 3.63) is 212 Å². The molecule has 0 unspecified atom stereocenters. The highest BCUT2D eigenvalue weighted by atomic mass is 16.4. The number of hydrogen-bond donors (Lipinski definition) is 0. The van der Waals surface area contributed by atoms with Gasteiger partial charge in [0.25, 0.3) is 0 Å². The van der Waals surface area contributed by atoms with Gasteiger partial charge in [-0.1, -0.05) is 140 Å². The highest BCUT2D eigenvalue weighted by molar-refractivity contribution is 6.17. The summed E-state index contributed by atoms with van der Waals surface area (Å²) in [6, 6.07) is 74.5. The second-order valence-corrected chi connectivity index (χ2v) is 15.1. The minimum absolute atomic E-state index is 0.576. The quantitative estimate of drug-likeness (QED) is 0.162. The van der Waals surface area contributed by atoms with Gasteiger partial charge >= 0.3 is 0 Å². The van der Waals surface area contributed by atoms with Crippen LogP contribution in [0.2, 0.25) is 0 Å². The molecule has 0 aliphatic carbocycles. The molecule has 3 aromatic heterocycles. The lowest BCUT2D eigenvalue weighted by molar-refractivity contribution is 0.619. The fourth-order valence-electron chi connectivity index (χ4n) is 8.90. The first kappa shape index (κ1) is 33.9. The normalized spacial score (nSPS) is 11.7. The zero-order valence-corrected chi connectivity index (χ0v) is 32.4. The van der Waals surface area contributed by atoms with E-state index in [0.717, 1.165) is 89.1 Å². The topological polar surface area (TPSA) is 47.3 Å². The van der Waals surface area contributed by atoms with Gasteiger partial charge in [0.2, 0.25) is 5.89 Å². The minimum atomic E-state index is 0.576. The molecule has 0 atom stereocenters. The van der Waals surface area contributed by atoms with Crippen LogP contribution >= 0.6 is 0 Å². The Morgan fingerprint density at radius 1 is 0.417 bits per heavy atom. The molecule has 12 rings (SSSR count). The van der Waals surface area contributed by atoms with Crippen LogP contribution in [0.1, 0.15) is 0 Å². The number of aromatic nitrogens is 2. The van der Waals surface area contributed by atoms with Gasteiger partial charge in [-0.05, 0) is 89.5 Å². The molecule has 0 aliphatic rings. The van der Waals surface area contributed by atoms with Gasteiger partial charge in [-0.25, -0.2) is 4.98 Å². The Morgan fingerprint density at radius 3 is 1.87 bits per heavy atom. The number of benzene rings is 9. The highest BCUT2D eigenvalue weighted by Gasteiger charge is 2.24. The van der Waals surface area contributed by atoms with Crippen LogP contribution in [0.3, 0.4) is 0 Å². The largest absolute Gasteiger partial charge is 0.455 e. The second kappa shape index (κ2) is 13.8. The Morgan fingerprint density at radius 2 is 1.07 bits per heavy atom. The lowest BCUT2D eigenvalue weighted by Gasteiger charge is -2.28. The average molecular weight is 770 g/mol. The zero-order chi connectivity index (χ0) is 39.6. The average Bonchev–Trinajstić information content (AvgIpc) is 4.02. The van der Waals surface area contributed by atoms with Gasteiger partial charge in [-0.15, -0.1) is 0 Å². The third-order valence-corrected chi connectivity index (χ3v) is 11.6. The number of nitrogens with zero attached hydrogens (tertiary/aromatic N) is 3. The maximum Gasteiger partial charge on any atom is 0.227 e. The summed E-state index contributed by atoms with van der Waals surface area (Å²) in [7, 11) is 0. The van der Waals surface area contributed by atoms with Crippen LogP contribution in [0.15, 0.2) is 221 Å². The number of anilines is 3. The molecule has 0 saturated carbocycles. The first-order valence-corrected chi connectivity index (χ1v) is 20.2. The van der Waals surface area contributed by atoms with E-state index in [1.165, 1.54) is 10.8 Å². The Hall–Kier alpha value is -8.15. The predicted octanol–water partition coefficient (Wildman–Crippen LogP) is 15.3. The molecule has 0 spiro atoms. The summed E-state index contributed by atoms with van der Waals surface area (Å²) >= 11 is 0. The van der Waals surface area contributed by atoms with Gasteiger partial charge in [0.05, 0.1) is 22.3 Å². The van der Waals surface area contributed by atoms with Gasteiger partial charge in [0.1, 0.15) is 16.7 Å². The standard InChI is InChI=1S/C55H35N3O2/c1-4-16-36(17-5-1)39-20-14-23-42(34-39)57(49-28-15-26-45-43-24-10-12-27-48(43)58(52(45)49)40-21-8-3-9-22-40)41-32-30-37(31-33-41)51-53-46(44-25-11-13-29-50(44)59-53)35-47-54(51)60-55(56-47)38-18-6-2-7-19-38/h1-35H. The molecule has 0 saturated heterocycles. The van der Waals surface area contributed by atoms with Crippen LogP contribution in [-0.2, 0) is 0 Å². The molecule has 0 amide bonds. The number of hydrogen-bond acceptors (Lipinski definition) is 4. The fraction of sp³-hybridized carbons (Fsp3) is 0. The monoisotopic (exact) mass is 769 g/mol. The third kappa shape index (κ3) is 5.44. The van der Waals surface area contributed by atoms with Crippen molar-refractivity contribution >= 4 is 71.9 Å². The molecular weight excluding hydrogens is 735 g/mol. The zero-order valence-electron chi connectivity index (χ0n) is 32.4. The molecule has 0 N–H and O–H groups in total. The Labute approximate surface area is 345 Å². The molecule has 282 valence electrons. The van der Waals surface area contributed by atoms with Gasteiger partial charge in [-0.3, -0.25) is 0 Å². The summed E-state index contributed by atoms with van der Waals surface area (Å²) < 4.78 is 15.7. The molecular formula is C55H35N3O2. The van der Waals surface area contributed by atoms with Crippen molar-refractivity contribution in [2.75, 3.05) is 4.90 Å². The molecule has 3 heterocycles. The van der Waals surface area contributed by atoms with E-state index >= 15 is 0 Å². The van der Waals surface area contributed by atoms with E-state index in [1.807, 2.05) is 48.5 Å². The summed E-state index contributed by atoms with van der Waals surface area (Å²) in [4.78, 5) is 7.41. The van der Waals surface area contributed by atoms with Crippen LogP contribution in [0.25, 0.3) is 94.2 Å². The first-order valence-electron chi connectivity index (χ1n) is 20.2. The van der Waals surface area contributed by atoms with Crippen LogP contribution in [0.5, 0.6) is 0 Å². The van der Waals surface area contributed by atoms with Crippen LogP contribution in [-0.4, -0.2) is 9.55 Å². The molecule has 5 nitrogen and oxygen atoms in total. The maximum absolute atomic E-state index is 6.66. The van der Waals surface area contributed by atoms with E-state index in [0.29, 0.717) is 11.5 Å². The smallest absolute Gasteiger partial charge is 0.227 e. The van der Waals surface area contributed by atoms with E-state index in [9.17, 15) is 0 Å². The maximum atomic E-state index is 6.66. The Balaban J connectivity index is 1.10. The summed E-state index contributed by atoms with van der Waals surface area (Å²) in [5, 5.41) is 4.44. The summed E-state index contributed by atoms with van der Waals surface area (Å²) in [6.45, 7) is 0. The highest BCUT2D eigenvalue weighted by Crippen LogP contribution is 2.46. The Kier molecular flexibility index (Phi) is 7.78. The Bertz CT molecular complexity index is 3530. The first-order chi connectivity index (χ1) is 29.8. The van der Waals surface area contributed by atoms with E-state index in [2.05, 4.69) is 173 Å². The van der Waals surface area contributed by atoms with Gasteiger partial charge in [-0.2, -0.15) is 0 Å². The van der Waals surface area contributed by atoms with Crippen molar-refractivity contribution in [1.29, 1.82) is 0 Å². The van der Waals surface area contributed by atoms with E-state index < -0.39 is 0 Å². The van der Waals surface area contributed by atoms with Crippen LogP contribution < -0.4 is 4.90 Å². The van der Waals surface area contributed by atoms with Crippen molar-refractivity contribution in [2.24, 2.45) is 0 Å². The van der Waals surface area contributed by atoms with Crippen molar-refractivity contribution < 1.29 is 8.83 Å². The number of para-hydroxylation sites is 4. The molecule has 12 aromatic rings. The van der Waals surface area contributed by atoms with E-state index in [-0.39, 0.29) is 0 Å². The summed E-state index contributed by atoms with van der Waals surface area (Å²) in [6.07, 6.45) is 0. The third-order valence-electron chi connectivity index (χ3n) is 11.6.